The largest absolute Gasteiger partial charge is 0.465 e. The van der Waals surface area contributed by atoms with Gasteiger partial charge in [0.05, 0.1) is 18.6 Å². The van der Waals surface area contributed by atoms with Crippen molar-refractivity contribution in [2.75, 3.05) is 13.2 Å². The lowest BCUT2D eigenvalue weighted by Crippen LogP contribution is -2.36. The van der Waals surface area contributed by atoms with Crippen molar-refractivity contribution < 1.29 is 9.53 Å². The number of hydrogen-bond acceptors (Lipinski definition) is 4. The fourth-order valence-corrected chi connectivity index (χ4v) is 1.64. The zero-order valence-electron chi connectivity index (χ0n) is 8.86. The highest BCUT2D eigenvalue weighted by Gasteiger charge is 2.29. The first kappa shape index (κ1) is 15.2. The summed E-state index contributed by atoms with van der Waals surface area (Å²) in [6.45, 7) is 2.97. The molecule has 5 nitrogen and oxygen atoms in total. The van der Waals surface area contributed by atoms with E-state index >= 15 is 0 Å². The van der Waals surface area contributed by atoms with Crippen LogP contribution in [0, 0.1) is 0 Å². The number of nitrogens with one attached hydrogen (secondary N) is 2. The van der Waals surface area contributed by atoms with Gasteiger partial charge in [-0.1, -0.05) is 0 Å². The summed E-state index contributed by atoms with van der Waals surface area (Å²) in [5, 5.41) is 3.09. The Morgan fingerprint density at radius 3 is 3.06 bits per heavy atom. The molecule has 2 heterocycles. The fourth-order valence-electron chi connectivity index (χ4n) is 1.64. The Labute approximate surface area is 106 Å². The number of esters is 1. The highest BCUT2D eigenvalue weighted by Crippen LogP contribution is 2.19. The maximum Gasteiger partial charge on any atom is 0.329 e. The number of rotatable bonds is 2. The molecular formula is C9H15Cl2N3O2. The van der Waals surface area contributed by atoms with E-state index in [1.165, 1.54) is 0 Å². The summed E-state index contributed by atoms with van der Waals surface area (Å²) in [5.74, 6) is -0.249. The maximum absolute atomic E-state index is 11.5. The molecule has 0 aromatic carbocycles. The SMILES string of the molecule is CCOC(=O)C1NCCc2[nH]cnc21.Cl.Cl. The number of imidazole rings is 1. The summed E-state index contributed by atoms with van der Waals surface area (Å²) >= 11 is 0. The number of halogens is 2. The third-order valence-corrected chi connectivity index (χ3v) is 2.27. The maximum atomic E-state index is 11.5. The summed E-state index contributed by atoms with van der Waals surface area (Å²) in [5.41, 5.74) is 1.80. The summed E-state index contributed by atoms with van der Waals surface area (Å²) in [7, 11) is 0. The Bertz CT molecular complexity index is 343. The van der Waals surface area contributed by atoms with Crippen LogP contribution in [-0.2, 0) is 16.0 Å². The number of H-pyrrole nitrogens is 1. The third-order valence-electron chi connectivity index (χ3n) is 2.27. The lowest BCUT2D eigenvalue weighted by atomic mass is 10.1. The van der Waals surface area contributed by atoms with Crippen LogP contribution in [0.2, 0.25) is 0 Å². The minimum absolute atomic E-state index is 0. The van der Waals surface area contributed by atoms with E-state index in [2.05, 4.69) is 15.3 Å². The minimum atomic E-state index is -0.398. The third kappa shape index (κ3) is 2.87. The Morgan fingerprint density at radius 2 is 2.38 bits per heavy atom. The molecule has 1 aliphatic heterocycles. The van der Waals surface area contributed by atoms with Gasteiger partial charge in [0.25, 0.3) is 0 Å². The van der Waals surface area contributed by atoms with Gasteiger partial charge >= 0.3 is 5.97 Å². The number of carbonyl (C=O) groups is 1. The number of ether oxygens (including phenoxy) is 1. The van der Waals surface area contributed by atoms with Gasteiger partial charge in [0.15, 0.2) is 6.04 Å². The van der Waals surface area contributed by atoms with Gasteiger partial charge in [0.2, 0.25) is 0 Å². The van der Waals surface area contributed by atoms with Crippen molar-refractivity contribution in [3.63, 3.8) is 0 Å². The van der Waals surface area contributed by atoms with Crippen molar-refractivity contribution in [1.82, 2.24) is 15.3 Å². The molecule has 0 saturated heterocycles. The van der Waals surface area contributed by atoms with E-state index in [0.717, 1.165) is 24.4 Å². The molecule has 1 aromatic rings. The second-order valence-corrected chi connectivity index (χ2v) is 3.16. The van der Waals surface area contributed by atoms with Crippen molar-refractivity contribution in [3.05, 3.63) is 17.7 Å². The van der Waals surface area contributed by atoms with Crippen LogP contribution in [0.15, 0.2) is 6.33 Å². The molecule has 0 fully saturated rings. The van der Waals surface area contributed by atoms with E-state index in [4.69, 9.17) is 4.74 Å². The molecule has 0 radical (unpaired) electrons. The Kier molecular flexibility index (Phi) is 6.40. The fraction of sp³-hybridized carbons (Fsp3) is 0.556. The van der Waals surface area contributed by atoms with Gasteiger partial charge in [-0.15, -0.1) is 24.8 Å². The van der Waals surface area contributed by atoms with Crippen molar-refractivity contribution in [2.24, 2.45) is 0 Å². The van der Waals surface area contributed by atoms with E-state index in [1.807, 2.05) is 0 Å². The van der Waals surface area contributed by atoms with Crippen LogP contribution < -0.4 is 5.32 Å². The second-order valence-electron chi connectivity index (χ2n) is 3.16. The average molecular weight is 268 g/mol. The molecule has 0 amide bonds. The molecule has 0 aliphatic carbocycles. The van der Waals surface area contributed by atoms with Crippen molar-refractivity contribution in [2.45, 2.75) is 19.4 Å². The summed E-state index contributed by atoms with van der Waals surface area (Å²) in [4.78, 5) is 18.7. The van der Waals surface area contributed by atoms with Crippen LogP contribution in [0.3, 0.4) is 0 Å². The molecule has 0 bridgehead atoms. The predicted octanol–water partition coefficient (Wildman–Crippen LogP) is 1.00. The van der Waals surface area contributed by atoms with Crippen LogP contribution in [0.5, 0.6) is 0 Å². The van der Waals surface area contributed by atoms with Gasteiger partial charge in [-0.25, -0.2) is 9.78 Å². The first-order chi connectivity index (χ1) is 6.83. The Hall–Kier alpha value is -0.780. The lowest BCUT2D eigenvalue weighted by molar-refractivity contribution is -0.146. The van der Waals surface area contributed by atoms with Gasteiger partial charge in [-0.05, 0) is 6.92 Å². The summed E-state index contributed by atoms with van der Waals surface area (Å²) in [6, 6.07) is -0.398. The van der Waals surface area contributed by atoms with E-state index in [1.54, 1.807) is 13.3 Å². The zero-order valence-corrected chi connectivity index (χ0v) is 10.5. The summed E-state index contributed by atoms with van der Waals surface area (Å²) in [6.07, 6.45) is 2.50. The number of nitrogens with zero attached hydrogens (tertiary/aromatic N) is 1. The number of carbonyl (C=O) groups excluding carboxylic acids is 1. The molecule has 1 atom stereocenters. The van der Waals surface area contributed by atoms with Crippen LogP contribution in [0.25, 0.3) is 0 Å². The molecule has 1 aromatic heterocycles. The van der Waals surface area contributed by atoms with Crippen molar-refractivity contribution in [1.29, 1.82) is 0 Å². The Balaban J connectivity index is 0.00000112. The highest BCUT2D eigenvalue weighted by molar-refractivity contribution is 5.85. The zero-order chi connectivity index (χ0) is 9.97. The van der Waals surface area contributed by atoms with Crippen LogP contribution in [0.4, 0.5) is 0 Å². The monoisotopic (exact) mass is 267 g/mol. The molecule has 92 valence electrons. The first-order valence-corrected chi connectivity index (χ1v) is 4.75. The van der Waals surface area contributed by atoms with Gasteiger partial charge in [-0.2, -0.15) is 0 Å². The molecule has 2 rings (SSSR count). The number of fused-ring (bicyclic) bond motifs is 1. The topological polar surface area (TPSA) is 67.0 Å². The normalized spacial score (nSPS) is 17.7. The molecule has 7 heteroatoms. The lowest BCUT2D eigenvalue weighted by Gasteiger charge is -2.20. The van der Waals surface area contributed by atoms with E-state index in [9.17, 15) is 4.79 Å². The molecule has 1 aliphatic rings. The van der Waals surface area contributed by atoms with Crippen molar-refractivity contribution in [3.8, 4) is 0 Å². The number of hydrogen-bond donors (Lipinski definition) is 2. The van der Waals surface area contributed by atoms with Gasteiger partial charge in [-0.3, -0.25) is 5.32 Å². The molecule has 16 heavy (non-hydrogen) atoms. The predicted molar refractivity (Wildman–Crippen MR) is 64.2 cm³/mol. The Morgan fingerprint density at radius 1 is 1.62 bits per heavy atom. The molecule has 0 spiro atoms. The molecule has 2 N–H and O–H groups in total. The molecule has 1 unspecified atom stereocenters. The highest BCUT2D eigenvalue weighted by atomic mass is 35.5. The van der Waals surface area contributed by atoms with Gasteiger partial charge in [0.1, 0.15) is 0 Å². The quantitative estimate of drug-likeness (QED) is 0.785. The van der Waals surface area contributed by atoms with Gasteiger partial charge < -0.3 is 9.72 Å². The smallest absolute Gasteiger partial charge is 0.329 e. The van der Waals surface area contributed by atoms with Crippen LogP contribution in [0.1, 0.15) is 24.4 Å². The van der Waals surface area contributed by atoms with E-state index in [0.29, 0.717) is 6.61 Å². The van der Waals surface area contributed by atoms with Gasteiger partial charge in [0, 0.05) is 18.7 Å². The van der Waals surface area contributed by atoms with Crippen molar-refractivity contribution >= 4 is 30.8 Å². The number of aromatic amines is 1. The average Bonchev–Trinajstić information content (AvgIpc) is 2.65. The van der Waals surface area contributed by atoms with Crippen LogP contribution >= 0.6 is 24.8 Å². The molecule has 0 saturated carbocycles. The van der Waals surface area contributed by atoms with E-state index in [-0.39, 0.29) is 30.8 Å². The standard InChI is InChI=1S/C9H13N3O2.2ClH/c1-2-14-9(13)8-7-6(3-4-10-8)11-5-12-7;;/h5,8,10H,2-4H2,1H3,(H,11,12);2*1H. The molecular weight excluding hydrogens is 253 g/mol. The number of aromatic nitrogens is 2. The first-order valence-electron chi connectivity index (χ1n) is 4.75. The van der Waals surface area contributed by atoms with E-state index < -0.39 is 6.04 Å². The summed E-state index contributed by atoms with van der Waals surface area (Å²) < 4.78 is 4.95. The van der Waals surface area contributed by atoms with Crippen LogP contribution in [-0.4, -0.2) is 29.1 Å². The minimum Gasteiger partial charge on any atom is -0.465 e. The second kappa shape index (κ2) is 6.73.